The number of aromatic nitrogens is 3. The molecule has 0 spiro atoms. The van der Waals surface area contributed by atoms with Crippen LogP contribution in [0.3, 0.4) is 0 Å². The summed E-state index contributed by atoms with van der Waals surface area (Å²) in [4.78, 5) is 0.401. The summed E-state index contributed by atoms with van der Waals surface area (Å²) < 4.78 is 28.8. The van der Waals surface area contributed by atoms with Gasteiger partial charge in [-0.2, -0.15) is 5.10 Å². The molecule has 0 aliphatic heterocycles. The molecular formula is C20H23N3O2S. The van der Waals surface area contributed by atoms with Crippen molar-refractivity contribution in [2.75, 3.05) is 5.75 Å². The van der Waals surface area contributed by atoms with Crippen LogP contribution in [-0.2, 0) is 22.8 Å². The molecule has 0 unspecified atom stereocenters. The molecular weight excluding hydrogens is 346 g/mol. The molecule has 1 aliphatic carbocycles. The second-order valence-corrected chi connectivity index (χ2v) is 9.12. The van der Waals surface area contributed by atoms with Crippen LogP contribution in [0.4, 0.5) is 0 Å². The van der Waals surface area contributed by atoms with Gasteiger partial charge in [0.1, 0.15) is 5.82 Å². The zero-order valence-corrected chi connectivity index (χ0v) is 15.7. The average molecular weight is 369 g/mol. The maximum absolute atomic E-state index is 12.5. The Bertz CT molecular complexity index is 999. The van der Waals surface area contributed by atoms with Crippen molar-refractivity contribution >= 4 is 9.84 Å². The fourth-order valence-corrected chi connectivity index (χ4v) is 4.87. The van der Waals surface area contributed by atoms with Gasteiger partial charge in [-0.15, -0.1) is 0 Å². The number of sulfone groups is 1. The molecule has 1 aromatic carbocycles. The lowest BCUT2D eigenvalue weighted by atomic mass is 10.1. The van der Waals surface area contributed by atoms with Crippen LogP contribution >= 0.6 is 0 Å². The summed E-state index contributed by atoms with van der Waals surface area (Å²) in [7, 11) is -3.20. The van der Waals surface area contributed by atoms with Gasteiger partial charge < -0.3 is 4.57 Å². The van der Waals surface area contributed by atoms with Gasteiger partial charge in [0.05, 0.1) is 16.3 Å². The summed E-state index contributed by atoms with van der Waals surface area (Å²) in [6.45, 7) is 2.70. The average Bonchev–Trinajstić information content (AvgIpc) is 3.13. The summed E-state index contributed by atoms with van der Waals surface area (Å²) in [5, 5.41) is 4.58. The minimum absolute atomic E-state index is 0.267. The maximum atomic E-state index is 12.5. The predicted octanol–water partition coefficient (Wildman–Crippen LogP) is 3.41. The largest absolute Gasteiger partial charge is 0.308 e. The van der Waals surface area contributed by atoms with Crippen LogP contribution in [-0.4, -0.2) is 28.5 Å². The van der Waals surface area contributed by atoms with Crippen LogP contribution in [0.5, 0.6) is 0 Å². The third-order valence-corrected chi connectivity index (χ3v) is 6.65. The monoisotopic (exact) mass is 369 g/mol. The molecule has 0 amide bonds. The Morgan fingerprint density at radius 1 is 1.15 bits per heavy atom. The van der Waals surface area contributed by atoms with Gasteiger partial charge in [0.2, 0.25) is 0 Å². The number of rotatable bonds is 7. The Kier molecular flexibility index (Phi) is 4.44. The molecule has 0 radical (unpaired) electrons. The van der Waals surface area contributed by atoms with Gasteiger partial charge in [-0.3, -0.25) is 0 Å². The topological polar surface area (TPSA) is 56.9 Å². The Hall–Kier alpha value is -2.34. The van der Waals surface area contributed by atoms with Crippen molar-refractivity contribution in [1.82, 2.24) is 14.3 Å². The SMILES string of the molecule is Cc1cc(-n2ccc(S(=O)(=O)CC3CC3)c2)n(CCc2ccccc2)n1. The highest BCUT2D eigenvalue weighted by molar-refractivity contribution is 7.91. The lowest BCUT2D eigenvalue weighted by molar-refractivity contribution is 0.589. The second-order valence-electron chi connectivity index (χ2n) is 7.08. The first-order chi connectivity index (χ1) is 12.5. The van der Waals surface area contributed by atoms with Crippen LogP contribution in [0.25, 0.3) is 5.82 Å². The van der Waals surface area contributed by atoms with E-state index in [1.807, 2.05) is 46.6 Å². The van der Waals surface area contributed by atoms with E-state index < -0.39 is 9.84 Å². The molecule has 2 aromatic heterocycles. The van der Waals surface area contributed by atoms with Gasteiger partial charge in [0.25, 0.3) is 0 Å². The molecule has 26 heavy (non-hydrogen) atoms. The van der Waals surface area contributed by atoms with Crippen LogP contribution in [0.2, 0.25) is 0 Å². The van der Waals surface area contributed by atoms with Crippen molar-refractivity contribution in [2.45, 2.75) is 37.6 Å². The Morgan fingerprint density at radius 2 is 1.92 bits per heavy atom. The van der Waals surface area contributed by atoms with Crippen LogP contribution in [0.1, 0.15) is 24.1 Å². The van der Waals surface area contributed by atoms with Crippen molar-refractivity contribution in [3.05, 3.63) is 66.1 Å². The fourth-order valence-electron chi connectivity index (χ4n) is 3.18. The molecule has 1 fully saturated rings. The van der Waals surface area contributed by atoms with Crippen LogP contribution in [0.15, 0.2) is 59.8 Å². The number of benzene rings is 1. The van der Waals surface area contributed by atoms with Gasteiger partial charge in [-0.25, -0.2) is 13.1 Å². The first-order valence-electron chi connectivity index (χ1n) is 9.01. The van der Waals surface area contributed by atoms with Gasteiger partial charge in [0, 0.05) is 25.0 Å². The molecule has 4 rings (SSSR count). The molecule has 0 saturated heterocycles. The van der Waals surface area contributed by atoms with Crippen molar-refractivity contribution in [1.29, 1.82) is 0 Å². The minimum Gasteiger partial charge on any atom is -0.308 e. The third kappa shape index (κ3) is 3.75. The van der Waals surface area contributed by atoms with Crippen molar-refractivity contribution < 1.29 is 8.42 Å². The molecule has 5 nitrogen and oxygen atoms in total. The third-order valence-electron chi connectivity index (χ3n) is 4.78. The smallest absolute Gasteiger partial charge is 0.180 e. The summed E-state index contributed by atoms with van der Waals surface area (Å²) in [6.07, 6.45) is 6.47. The van der Waals surface area contributed by atoms with Crippen LogP contribution < -0.4 is 0 Å². The molecule has 136 valence electrons. The van der Waals surface area contributed by atoms with E-state index in [0.29, 0.717) is 10.8 Å². The highest BCUT2D eigenvalue weighted by Crippen LogP contribution is 2.32. The Labute approximate surface area is 154 Å². The first kappa shape index (κ1) is 17.1. The number of nitrogens with zero attached hydrogens (tertiary/aromatic N) is 3. The molecule has 0 atom stereocenters. The first-order valence-corrected chi connectivity index (χ1v) is 10.7. The quantitative estimate of drug-likeness (QED) is 0.641. The highest BCUT2D eigenvalue weighted by Gasteiger charge is 2.29. The number of hydrogen-bond acceptors (Lipinski definition) is 3. The highest BCUT2D eigenvalue weighted by atomic mass is 32.2. The summed E-state index contributed by atoms with van der Waals surface area (Å²) in [6, 6.07) is 14.0. The lowest BCUT2D eigenvalue weighted by Gasteiger charge is -2.08. The van der Waals surface area contributed by atoms with Gasteiger partial charge >= 0.3 is 0 Å². The van der Waals surface area contributed by atoms with E-state index in [4.69, 9.17) is 0 Å². The van der Waals surface area contributed by atoms with Crippen molar-refractivity contribution in [2.24, 2.45) is 5.92 Å². The molecule has 0 bridgehead atoms. The van der Waals surface area contributed by atoms with E-state index >= 15 is 0 Å². The van der Waals surface area contributed by atoms with Crippen LogP contribution in [0, 0.1) is 12.8 Å². The van der Waals surface area contributed by atoms with E-state index in [0.717, 1.165) is 37.3 Å². The molecule has 2 heterocycles. The molecule has 1 saturated carbocycles. The zero-order chi connectivity index (χ0) is 18.1. The van der Waals surface area contributed by atoms with E-state index in [-0.39, 0.29) is 5.75 Å². The summed E-state index contributed by atoms with van der Waals surface area (Å²) in [5.74, 6) is 1.51. The Balaban J connectivity index is 1.56. The van der Waals surface area contributed by atoms with E-state index in [2.05, 4.69) is 17.2 Å². The van der Waals surface area contributed by atoms with E-state index in [1.165, 1.54) is 5.56 Å². The molecule has 6 heteroatoms. The normalized spacial score (nSPS) is 14.7. The summed E-state index contributed by atoms with van der Waals surface area (Å²) in [5.41, 5.74) is 2.18. The number of aryl methyl sites for hydroxylation is 3. The zero-order valence-electron chi connectivity index (χ0n) is 14.9. The van der Waals surface area contributed by atoms with Gasteiger partial charge in [0.15, 0.2) is 9.84 Å². The second kappa shape index (κ2) is 6.76. The summed E-state index contributed by atoms with van der Waals surface area (Å²) >= 11 is 0. The van der Waals surface area contributed by atoms with Crippen molar-refractivity contribution in [3.8, 4) is 5.82 Å². The maximum Gasteiger partial charge on any atom is 0.180 e. The molecule has 3 aromatic rings. The predicted molar refractivity (Wildman–Crippen MR) is 101 cm³/mol. The van der Waals surface area contributed by atoms with Gasteiger partial charge in [-0.05, 0) is 43.7 Å². The standard InChI is InChI=1S/C20H23N3O2S/c1-16-13-20(23(21-16)12-9-17-5-3-2-4-6-17)22-11-10-19(14-22)26(24,25)15-18-7-8-18/h2-6,10-11,13-14,18H,7-9,12,15H2,1H3. The van der Waals surface area contributed by atoms with E-state index in [9.17, 15) is 8.42 Å². The molecule has 0 N–H and O–H groups in total. The van der Waals surface area contributed by atoms with Gasteiger partial charge in [-0.1, -0.05) is 30.3 Å². The van der Waals surface area contributed by atoms with E-state index in [1.54, 1.807) is 12.3 Å². The van der Waals surface area contributed by atoms with Crippen molar-refractivity contribution in [3.63, 3.8) is 0 Å². The minimum atomic E-state index is -3.20. The lowest BCUT2D eigenvalue weighted by Crippen LogP contribution is -2.10. The molecule has 1 aliphatic rings. The fraction of sp³-hybridized carbons (Fsp3) is 0.350. The number of hydrogen-bond donors (Lipinski definition) is 0. The Morgan fingerprint density at radius 3 is 2.65 bits per heavy atom.